The molecular weight excluding hydrogens is 702 g/mol. The molecule has 0 saturated carbocycles. The highest BCUT2D eigenvalue weighted by atomic mass is 79.9. The minimum atomic E-state index is -0.420. The fourth-order valence-electron chi connectivity index (χ4n) is 5.19. The number of pyridine rings is 2. The number of aryl methyl sites for hydroxylation is 2. The smallest absolute Gasteiger partial charge is 0.415 e. The second-order valence-electron chi connectivity index (χ2n) is 12.9. The van der Waals surface area contributed by atoms with Crippen LogP contribution in [0.3, 0.4) is 0 Å². The van der Waals surface area contributed by atoms with Crippen LogP contribution in [0.1, 0.15) is 71.0 Å². The fourth-order valence-corrected chi connectivity index (χ4v) is 5.59. The molecule has 5 rings (SSSR count). The number of aromatic nitrogens is 6. The maximum atomic E-state index is 12.2. The zero-order valence-corrected chi connectivity index (χ0v) is 31.7. The van der Waals surface area contributed by atoms with Crippen molar-refractivity contribution >= 4 is 62.0 Å². The highest BCUT2D eigenvalue weighted by Gasteiger charge is 2.31. The van der Waals surface area contributed by atoms with Gasteiger partial charge >= 0.3 is 6.09 Å². The van der Waals surface area contributed by atoms with Gasteiger partial charge in [-0.3, -0.25) is 14.3 Å². The molecule has 268 valence electrons. The van der Waals surface area contributed by atoms with Gasteiger partial charge in [0.15, 0.2) is 0 Å². The number of halogens is 1. The van der Waals surface area contributed by atoms with Crippen molar-refractivity contribution < 1.29 is 9.53 Å². The van der Waals surface area contributed by atoms with Gasteiger partial charge in [0.25, 0.3) is 0 Å². The molecule has 0 bridgehead atoms. The summed E-state index contributed by atoms with van der Waals surface area (Å²) >= 11 is 3.42. The van der Waals surface area contributed by atoms with Crippen LogP contribution in [0.4, 0.5) is 33.4 Å². The van der Waals surface area contributed by atoms with Crippen LogP contribution in [-0.2, 0) is 31.9 Å². The summed E-state index contributed by atoms with van der Waals surface area (Å²) < 4.78 is 9.47. The number of amides is 1. The third kappa shape index (κ3) is 10.0. The van der Waals surface area contributed by atoms with Gasteiger partial charge in [0.2, 0.25) is 0 Å². The topological polar surface area (TPSA) is 187 Å². The molecule has 1 saturated heterocycles. The largest absolute Gasteiger partial charge is 0.444 e. The minimum absolute atomic E-state index is 0.154. The van der Waals surface area contributed by atoms with Gasteiger partial charge in [-0.15, -0.1) is 0 Å². The summed E-state index contributed by atoms with van der Waals surface area (Å²) in [6, 6.07) is 4.15. The second-order valence-corrected chi connectivity index (χ2v) is 13.7. The number of nitrogens with zero attached hydrogens (tertiary/aromatic N) is 7. The van der Waals surface area contributed by atoms with Crippen LogP contribution in [-0.4, -0.2) is 71.8 Å². The number of anilines is 5. The average Bonchev–Trinajstić information content (AvgIpc) is 3.74. The number of hydrogen-bond donors (Lipinski definition) is 6. The van der Waals surface area contributed by atoms with Gasteiger partial charge in [0, 0.05) is 68.9 Å². The van der Waals surface area contributed by atoms with Gasteiger partial charge < -0.3 is 36.8 Å². The van der Waals surface area contributed by atoms with E-state index in [1.165, 1.54) is 4.90 Å². The Morgan fingerprint density at radius 1 is 0.880 bits per heavy atom. The Morgan fingerprint density at radius 2 is 1.36 bits per heavy atom. The molecule has 4 aromatic heterocycles. The van der Waals surface area contributed by atoms with E-state index in [1.807, 2.05) is 65.6 Å². The van der Waals surface area contributed by atoms with Crippen molar-refractivity contribution in [3.05, 3.63) is 64.0 Å². The normalized spacial score (nSPS) is 14.0. The summed E-state index contributed by atoms with van der Waals surface area (Å²) in [4.78, 5) is 22.7. The van der Waals surface area contributed by atoms with Gasteiger partial charge in [-0.2, -0.15) is 10.2 Å². The zero-order valence-electron chi connectivity index (χ0n) is 30.1. The Kier molecular flexibility index (Phi) is 12.6. The van der Waals surface area contributed by atoms with Crippen molar-refractivity contribution in [3.8, 4) is 0 Å². The van der Waals surface area contributed by atoms with E-state index in [2.05, 4.69) is 71.2 Å². The molecule has 15 nitrogen and oxygen atoms in total. The van der Waals surface area contributed by atoms with Crippen molar-refractivity contribution in [2.24, 2.45) is 14.1 Å². The van der Waals surface area contributed by atoms with Gasteiger partial charge in [-0.25, -0.2) is 14.8 Å². The molecule has 1 aliphatic heterocycles. The summed E-state index contributed by atoms with van der Waals surface area (Å²) in [5, 5.41) is 38.1. The molecule has 1 amide bonds. The van der Waals surface area contributed by atoms with Gasteiger partial charge in [0.05, 0.1) is 53.1 Å². The summed E-state index contributed by atoms with van der Waals surface area (Å²) in [6.07, 6.45) is 6.93. The van der Waals surface area contributed by atoms with E-state index in [1.54, 1.807) is 29.4 Å². The van der Waals surface area contributed by atoms with Crippen molar-refractivity contribution in [2.75, 3.05) is 32.7 Å². The number of ether oxygens (including phenoxy) is 1. The highest BCUT2D eigenvalue weighted by molar-refractivity contribution is 9.10. The lowest BCUT2D eigenvalue weighted by Gasteiger charge is -2.22. The van der Waals surface area contributed by atoms with Crippen LogP contribution in [0.5, 0.6) is 0 Å². The first kappa shape index (κ1) is 37.8. The Hall–Kier alpha value is -4.99. The van der Waals surface area contributed by atoms with Gasteiger partial charge in [-0.05, 0) is 70.5 Å². The van der Waals surface area contributed by atoms with E-state index in [4.69, 9.17) is 15.6 Å². The lowest BCUT2D eigenvalue weighted by molar-refractivity contribution is 0.150. The van der Waals surface area contributed by atoms with Crippen LogP contribution in [0, 0.1) is 10.8 Å². The number of hydrogen-bond acceptors (Lipinski definition) is 12. The van der Waals surface area contributed by atoms with Crippen molar-refractivity contribution in [2.45, 2.75) is 79.7 Å². The third-order valence-corrected chi connectivity index (χ3v) is 7.70. The molecule has 50 heavy (non-hydrogen) atoms. The lowest BCUT2D eigenvalue weighted by Crippen LogP contribution is -2.26. The molecule has 0 aliphatic carbocycles. The maximum Gasteiger partial charge on any atom is 0.415 e. The predicted octanol–water partition coefficient (Wildman–Crippen LogP) is 6.38. The van der Waals surface area contributed by atoms with Crippen molar-refractivity contribution in [1.82, 2.24) is 29.5 Å². The molecule has 1 aliphatic rings. The van der Waals surface area contributed by atoms with Crippen LogP contribution < -0.4 is 26.2 Å². The summed E-state index contributed by atoms with van der Waals surface area (Å²) in [6.45, 7) is 15.1. The number of carbonyl (C=O) groups excluding carboxylic acids is 1. The zero-order chi connectivity index (χ0) is 36.7. The molecular formula is C34H48BrN13O2. The lowest BCUT2D eigenvalue weighted by atomic mass is 10.1. The standard InChI is InChI=1S/C19H27N7O2.C15H21BrN6/c1-11(2)23-18-15(21-7-14-8-22-25(5)10-14)6-16(24-17(18)13(4)20)26-9-12(3)28-19(26)27;1-9(2)20-15-12(5-13(16)21-14(15)10(3)17)18-6-11-7-19-22(4)8-11/h6,8,10-12,20,23H,7,9H2,1-5H3,(H,21,24);5,7-9,17,20H,6H2,1-4H3,(H,18,21). The Balaban J connectivity index is 0.000000232. The Morgan fingerprint density at radius 3 is 1.76 bits per heavy atom. The molecule has 0 spiro atoms. The first-order valence-corrected chi connectivity index (χ1v) is 17.2. The van der Waals surface area contributed by atoms with Crippen LogP contribution in [0.15, 0.2) is 41.5 Å². The summed E-state index contributed by atoms with van der Waals surface area (Å²) in [5.41, 5.74) is 7.31. The van der Waals surface area contributed by atoms with E-state index in [-0.39, 0.29) is 18.2 Å². The number of rotatable bonds is 13. The predicted molar refractivity (Wildman–Crippen MR) is 203 cm³/mol. The minimum Gasteiger partial charge on any atom is -0.444 e. The SMILES string of the molecule is CC(=N)c1nc(Br)cc(NCc2cnn(C)c2)c1NC(C)C.CC(=N)c1nc(N2CC(C)OC2=O)cc(NCc2cnn(C)c2)c1NC(C)C. The van der Waals surface area contributed by atoms with Gasteiger partial charge in [0.1, 0.15) is 27.9 Å². The first-order chi connectivity index (χ1) is 23.6. The number of cyclic esters (lactones) is 1. The second kappa shape index (κ2) is 16.6. The molecule has 16 heteroatoms. The molecule has 6 N–H and O–H groups in total. The highest BCUT2D eigenvalue weighted by Crippen LogP contribution is 2.33. The number of carbonyl (C=O) groups is 1. The van der Waals surface area contributed by atoms with E-state index >= 15 is 0 Å². The third-order valence-electron chi connectivity index (χ3n) is 7.29. The van der Waals surface area contributed by atoms with Crippen LogP contribution in [0.2, 0.25) is 0 Å². The fraction of sp³-hybridized carbons (Fsp3) is 0.441. The monoisotopic (exact) mass is 749 g/mol. The Labute approximate surface area is 301 Å². The van der Waals surface area contributed by atoms with Gasteiger partial charge in [-0.1, -0.05) is 0 Å². The molecule has 4 aromatic rings. The summed E-state index contributed by atoms with van der Waals surface area (Å²) in [5.74, 6) is 0.471. The summed E-state index contributed by atoms with van der Waals surface area (Å²) in [7, 11) is 3.77. The van der Waals surface area contributed by atoms with E-state index < -0.39 is 6.09 Å². The number of nitrogens with one attached hydrogen (secondary N) is 6. The van der Waals surface area contributed by atoms with E-state index in [0.717, 1.165) is 33.9 Å². The molecule has 1 unspecified atom stereocenters. The van der Waals surface area contributed by atoms with Crippen LogP contribution >= 0.6 is 15.9 Å². The molecule has 0 aromatic carbocycles. The average molecular weight is 751 g/mol. The maximum absolute atomic E-state index is 12.2. The molecule has 5 heterocycles. The van der Waals surface area contributed by atoms with E-state index in [9.17, 15) is 4.79 Å². The van der Waals surface area contributed by atoms with Crippen molar-refractivity contribution in [3.63, 3.8) is 0 Å². The van der Waals surface area contributed by atoms with E-state index in [0.29, 0.717) is 52.9 Å². The Bertz CT molecular complexity index is 1830. The first-order valence-electron chi connectivity index (χ1n) is 16.4. The quantitative estimate of drug-likeness (QED) is 0.0662. The molecule has 0 radical (unpaired) electrons. The molecule has 1 atom stereocenters. The molecule has 1 fully saturated rings. The van der Waals surface area contributed by atoms with Crippen LogP contribution in [0.25, 0.3) is 0 Å². The van der Waals surface area contributed by atoms with Crippen molar-refractivity contribution in [1.29, 1.82) is 10.8 Å².